The lowest BCUT2D eigenvalue weighted by molar-refractivity contribution is 0.0752. The molecular weight excluding hydrogens is 236 g/mol. The molecule has 1 atom stereocenters. The molecule has 2 N–H and O–H groups in total. The summed E-state index contributed by atoms with van der Waals surface area (Å²) < 4.78 is 1.67. The Balaban J connectivity index is 2.21. The molecule has 1 fully saturated rings. The molecule has 0 saturated carbocycles. The fourth-order valence-electron chi connectivity index (χ4n) is 2.03. The van der Waals surface area contributed by atoms with Gasteiger partial charge >= 0.3 is 0 Å². The van der Waals surface area contributed by atoms with Crippen LogP contribution >= 0.6 is 11.8 Å². The standard InChI is InChI=1S/C11H18N4OS/c1-3-15-10(9(12)6-13-15)11(16)14-4-5-17-8(2)7-14/h6,8H,3-5,7,12H2,1-2H3. The molecule has 1 amide bonds. The first-order chi connectivity index (χ1) is 8.13. The zero-order valence-electron chi connectivity index (χ0n) is 10.2. The van der Waals surface area contributed by atoms with Crippen LogP contribution in [0.4, 0.5) is 5.69 Å². The molecule has 1 saturated heterocycles. The van der Waals surface area contributed by atoms with E-state index < -0.39 is 0 Å². The van der Waals surface area contributed by atoms with Crippen molar-refractivity contribution in [3.8, 4) is 0 Å². The number of aromatic nitrogens is 2. The first kappa shape index (κ1) is 12.3. The molecule has 6 heteroatoms. The molecule has 2 heterocycles. The highest BCUT2D eigenvalue weighted by Gasteiger charge is 2.26. The predicted octanol–water partition coefficient (Wildman–Crippen LogP) is 1.06. The van der Waals surface area contributed by atoms with Crippen LogP contribution < -0.4 is 5.73 Å². The van der Waals surface area contributed by atoms with Crippen molar-refractivity contribution in [2.75, 3.05) is 24.6 Å². The summed E-state index contributed by atoms with van der Waals surface area (Å²) in [6.07, 6.45) is 1.55. The quantitative estimate of drug-likeness (QED) is 0.857. The third-order valence-corrected chi connectivity index (χ3v) is 4.03. The molecule has 0 radical (unpaired) electrons. The summed E-state index contributed by atoms with van der Waals surface area (Å²) in [5, 5.41) is 4.60. The van der Waals surface area contributed by atoms with Crippen molar-refractivity contribution in [3.63, 3.8) is 0 Å². The van der Waals surface area contributed by atoms with Gasteiger partial charge in [0, 0.05) is 30.6 Å². The maximum atomic E-state index is 12.4. The number of nitrogen functional groups attached to an aromatic ring is 1. The minimum absolute atomic E-state index is 0.00833. The molecule has 1 aromatic rings. The second kappa shape index (κ2) is 5.00. The second-order valence-corrected chi connectivity index (χ2v) is 5.74. The van der Waals surface area contributed by atoms with Gasteiger partial charge in [-0.1, -0.05) is 6.92 Å². The smallest absolute Gasteiger partial charge is 0.274 e. The van der Waals surface area contributed by atoms with Crippen molar-refractivity contribution in [3.05, 3.63) is 11.9 Å². The Hall–Kier alpha value is -1.17. The highest BCUT2D eigenvalue weighted by molar-refractivity contribution is 7.99. The van der Waals surface area contributed by atoms with Crippen molar-refractivity contribution in [1.82, 2.24) is 14.7 Å². The topological polar surface area (TPSA) is 64.2 Å². The number of nitrogens with zero attached hydrogens (tertiary/aromatic N) is 3. The van der Waals surface area contributed by atoms with Crippen LogP contribution in [0.1, 0.15) is 24.3 Å². The predicted molar refractivity (Wildman–Crippen MR) is 70.1 cm³/mol. The van der Waals surface area contributed by atoms with E-state index in [1.807, 2.05) is 23.6 Å². The van der Waals surface area contributed by atoms with Crippen molar-refractivity contribution in [1.29, 1.82) is 0 Å². The van der Waals surface area contributed by atoms with Crippen molar-refractivity contribution in [2.24, 2.45) is 0 Å². The van der Waals surface area contributed by atoms with E-state index in [-0.39, 0.29) is 5.91 Å². The van der Waals surface area contributed by atoms with E-state index in [9.17, 15) is 4.79 Å². The molecule has 5 nitrogen and oxygen atoms in total. The van der Waals surface area contributed by atoms with Gasteiger partial charge in [0.2, 0.25) is 0 Å². The number of hydrogen-bond donors (Lipinski definition) is 1. The summed E-state index contributed by atoms with van der Waals surface area (Å²) in [4.78, 5) is 14.3. The molecule has 17 heavy (non-hydrogen) atoms. The molecule has 2 rings (SSSR count). The molecule has 1 aromatic heterocycles. The van der Waals surface area contributed by atoms with E-state index in [1.165, 1.54) is 0 Å². The average Bonchev–Trinajstić information content (AvgIpc) is 2.69. The third kappa shape index (κ3) is 2.41. The maximum absolute atomic E-state index is 12.4. The summed E-state index contributed by atoms with van der Waals surface area (Å²) in [7, 11) is 0. The van der Waals surface area contributed by atoms with Crippen LogP contribution in [0.25, 0.3) is 0 Å². The van der Waals surface area contributed by atoms with Gasteiger partial charge in [0.15, 0.2) is 0 Å². The molecular formula is C11H18N4OS. The fourth-order valence-corrected chi connectivity index (χ4v) is 3.04. The van der Waals surface area contributed by atoms with Gasteiger partial charge in [-0.15, -0.1) is 0 Å². The monoisotopic (exact) mass is 254 g/mol. The van der Waals surface area contributed by atoms with E-state index in [2.05, 4.69) is 12.0 Å². The zero-order chi connectivity index (χ0) is 12.4. The average molecular weight is 254 g/mol. The van der Waals surface area contributed by atoms with Crippen LogP contribution in [0.5, 0.6) is 0 Å². The largest absolute Gasteiger partial charge is 0.396 e. The lowest BCUT2D eigenvalue weighted by Crippen LogP contribution is -2.42. The minimum Gasteiger partial charge on any atom is -0.396 e. The van der Waals surface area contributed by atoms with Gasteiger partial charge in [-0.2, -0.15) is 16.9 Å². The van der Waals surface area contributed by atoms with E-state index >= 15 is 0 Å². The van der Waals surface area contributed by atoms with Gasteiger partial charge in [-0.3, -0.25) is 9.48 Å². The number of nitrogens with two attached hydrogens (primary N) is 1. The summed E-state index contributed by atoms with van der Waals surface area (Å²) in [6.45, 7) is 6.35. The van der Waals surface area contributed by atoms with Crippen molar-refractivity contribution < 1.29 is 4.79 Å². The maximum Gasteiger partial charge on any atom is 0.274 e. The van der Waals surface area contributed by atoms with Gasteiger partial charge in [-0.05, 0) is 6.92 Å². The summed E-state index contributed by atoms with van der Waals surface area (Å²) in [5.74, 6) is 1.00. The highest BCUT2D eigenvalue weighted by atomic mass is 32.2. The number of carbonyl (C=O) groups excluding carboxylic acids is 1. The van der Waals surface area contributed by atoms with Crippen LogP contribution in [-0.2, 0) is 6.54 Å². The Morgan fingerprint density at radius 3 is 3.12 bits per heavy atom. The number of anilines is 1. The number of amides is 1. The number of carbonyl (C=O) groups is 1. The molecule has 0 spiro atoms. The number of thioether (sulfide) groups is 1. The van der Waals surface area contributed by atoms with Gasteiger partial charge in [0.25, 0.3) is 5.91 Å². The van der Waals surface area contributed by atoms with E-state index in [0.29, 0.717) is 23.2 Å². The van der Waals surface area contributed by atoms with Gasteiger partial charge < -0.3 is 10.6 Å². The molecule has 1 unspecified atom stereocenters. The molecule has 0 bridgehead atoms. The van der Waals surface area contributed by atoms with E-state index in [0.717, 1.165) is 18.8 Å². The van der Waals surface area contributed by atoms with Crippen LogP contribution in [0.2, 0.25) is 0 Å². The third-order valence-electron chi connectivity index (χ3n) is 2.90. The molecule has 0 aliphatic carbocycles. The second-order valence-electron chi connectivity index (χ2n) is 4.20. The van der Waals surface area contributed by atoms with Gasteiger partial charge in [0.1, 0.15) is 5.69 Å². The van der Waals surface area contributed by atoms with Crippen molar-refractivity contribution in [2.45, 2.75) is 25.6 Å². The van der Waals surface area contributed by atoms with Crippen LogP contribution in [-0.4, -0.2) is 44.7 Å². The zero-order valence-corrected chi connectivity index (χ0v) is 11.0. The Bertz CT molecular complexity index is 418. The summed E-state index contributed by atoms with van der Waals surface area (Å²) >= 11 is 1.90. The number of rotatable bonds is 2. The van der Waals surface area contributed by atoms with E-state index in [1.54, 1.807) is 10.9 Å². The Morgan fingerprint density at radius 2 is 2.47 bits per heavy atom. The first-order valence-electron chi connectivity index (χ1n) is 5.85. The number of aryl methyl sites for hydroxylation is 1. The van der Waals surface area contributed by atoms with Crippen LogP contribution in [0.15, 0.2) is 6.20 Å². The Morgan fingerprint density at radius 1 is 1.71 bits per heavy atom. The normalized spacial score (nSPS) is 20.6. The van der Waals surface area contributed by atoms with Gasteiger partial charge in [-0.25, -0.2) is 0 Å². The van der Waals surface area contributed by atoms with E-state index in [4.69, 9.17) is 5.73 Å². The molecule has 1 aliphatic rings. The minimum atomic E-state index is 0.00833. The molecule has 94 valence electrons. The Kier molecular flexibility index (Phi) is 3.61. The van der Waals surface area contributed by atoms with Gasteiger partial charge in [0.05, 0.1) is 11.9 Å². The van der Waals surface area contributed by atoms with Crippen LogP contribution in [0, 0.1) is 0 Å². The summed E-state index contributed by atoms with van der Waals surface area (Å²) in [6, 6.07) is 0. The first-order valence-corrected chi connectivity index (χ1v) is 6.90. The Labute approximate surface area is 105 Å². The van der Waals surface area contributed by atoms with Crippen molar-refractivity contribution >= 4 is 23.4 Å². The van der Waals surface area contributed by atoms with Crippen LogP contribution in [0.3, 0.4) is 0 Å². The molecule has 0 aromatic carbocycles. The summed E-state index contributed by atoms with van der Waals surface area (Å²) in [5.41, 5.74) is 6.83. The SMILES string of the molecule is CCn1ncc(N)c1C(=O)N1CCSC(C)C1. The number of hydrogen-bond acceptors (Lipinski definition) is 4. The lowest BCUT2D eigenvalue weighted by Gasteiger charge is -2.30. The molecule has 1 aliphatic heterocycles. The highest BCUT2D eigenvalue weighted by Crippen LogP contribution is 2.21. The lowest BCUT2D eigenvalue weighted by atomic mass is 10.3. The fraction of sp³-hybridized carbons (Fsp3) is 0.636.